The lowest BCUT2D eigenvalue weighted by Crippen LogP contribution is -2.29. The molecule has 1 saturated heterocycles. The molecule has 0 amide bonds. The highest BCUT2D eigenvalue weighted by Crippen LogP contribution is 2.44. The molecule has 5 aromatic rings. The first kappa shape index (κ1) is 26.5. The van der Waals surface area contributed by atoms with E-state index in [9.17, 15) is 4.39 Å². The summed E-state index contributed by atoms with van der Waals surface area (Å²) in [4.78, 5) is 6.77. The Bertz CT molecular complexity index is 1690. The van der Waals surface area contributed by atoms with Gasteiger partial charge in [0.25, 0.3) is 0 Å². The number of anilines is 1. The summed E-state index contributed by atoms with van der Waals surface area (Å²) in [6.45, 7) is 4.02. The Kier molecular flexibility index (Phi) is 7.15. The molecule has 2 aromatic heterocycles. The van der Waals surface area contributed by atoms with E-state index in [1.54, 1.807) is 25.4 Å². The average molecular weight is 565 g/mol. The van der Waals surface area contributed by atoms with Gasteiger partial charge in [-0.3, -0.25) is 4.98 Å². The van der Waals surface area contributed by atoms with Gasteiger partial charge >= 0.3 is 0 Å². The molecule has 2 atom stereocenters. The van der Waals surface area contributed by atoms with Crippen LogP contribution in [0.1, 0.15) is 34.7 Å². The summed E-state index contributed by atoms with van der Waals surface area (Å²) in [5.74, 6) is 1.91. The molecule has 1 aliphatic rings. The van der Waals surface area contributed by atoms with Crippen molar-refractivity contribution < 1.29 is 13.9 Å². The number of rotatable bonds is 7. The Hall–Kier alpha value is -4.69. The molecular weight excluding hydrogens is 535 g/mol. The number of thiocarbonyl (C=S) groups is 1. The first-order chi connectivity index (χ1) is 19.9. The highest BCUT2D eigenvalue weighted by Gasteiger charge is 2.42. The first-order valence-corrected chi connectivity index (χ1v) is 13.7. The third-order valence-electron chi connectivity index (χ3n) is 7.39. The van der Waals surface area contributed by atoms with Gasteiger partial charge in [0.2, 0.25) is 0 Å². The van der Waals surface area contributed by atoms with Gasteiger partial charge in [-0.1, -0.05) is 18.2 Å². The minimum Gasteiger partial charge on any atom is -0.497 e. The molecule has 0 bridgehead atoms. The summed E-state index contributed by atoms with van der Waals surface area (Å²) in [7, 11) is 1.63. The van der Waals surface area contributed by atoms with E-state index < -0.39 is 0 Å². The van der Waals surface area contributed by atoms with Crippen LogP contribution in [0.15, 0.2) is 103 Å². The van der Waals surface area contributed by atoms with Gasteiger partial charge in [-0.2, -0.15) is 0 Å². The lowest BCUT2D eigenvalue weighted by Gasteiger charge is -2.28. The minimum absolute atomic E-state index is 0.214. The van der Waals surface area contributed by atoms with E-state index in [0.717, 1.165) is 34.1 Å². The number of nitrogens with zero attached hydrogens (tertiary/aromatic N) is 3. The topological polar surface area (TPSA) is 51.6 Å². The molecule has 41 heavy (non-hydrogen) atoms. The third kappa shape index (κ3) is 5.02. The van der Waals surface area contributed by atoms with Crippen LogP contribution in [0.4, 0.5) is 10.1 Å². The summed E-state index contributed by atoms with van der Waals surface area (Å²) < 4.78 is 28.2. The van der Waals surface area contributed by atoms with E-state index in [4.69, 9.17) is 21.7 Å². The van der Waals surface area contributed by atoms with E-state index in [1.165, 1.54) is 6.07 Å². The fourth-order valence-electron chi connectivity index (χ4n) is 5.49. The molecule has 1 fully saturated rings. The van der Waals surface area contributed by atoms with Gasteiger partial charge in [0.1, 0.15) is 23.1 Å². The monoisotopic (exact) mass is 564 g/mol. The molecule has 1 N–H and O–H groups in total. The van der Waals surface area contributed by atoms with Crippen molar-refractivity contribution in [1.82, 2.24) is 14.9 Å². The molecule has 3 aromatic carbocycles. The molecular formula is C33H29FN4O2S. The number of methoxy groups -OCH3 is 1. The summed E-state index contributed by atoms with van der Waals surface area (Å²) >= 11 is 5.91. The summed E-state index contributed by atoms with van der Waals surface area (Å²) in [5.41, 5.74) is 5.20. The predicted molar refractivity (Wildman–Crippen MR) is 163 cm³/mol. The SMILES string of the molecule is COc1ccc(Oc2ccc(N3C(=S)N[C@@H](c4ccccn4)[C@H]3c3cc(C)n(-c4ccccc4F)c3C)cc2)cc1. The van der Waals surface area contributed by atoms with E-state index in [1.807, 2.05) is 91.2 Å². The van der Waals surface area contributed by atoms with Gasteiger partial charge in [0.05, 0.1) is 30.6 Å². The first-order valence-electron chi connectivity index (χ1n) is 13.3. The molecule has 6 rings (SSSR count). The van der Waals surface area contributed by atoms with E-state index in [0.29, 0.717) is 22.3 Å². The smallest absolute Gasteiger partial charge is 0.174 e. The van der Waals surface area contributed by atoms with Crippen LogP contribution in [-0.2, 0) is 0 Å². The van der Waals surface area contributed by atoms with E-state index in [-0.39, 0.29) is 17.9 Å². The number of aromatic nitrogens is 2. The second-order valence-electron chi connectivity index (χ2n) is 9.88. The van der Waals surface area contributed by atoms with Gasteiger partial charge < -0.3 is 24.3 Å². The maximum absolute atomic E-state index is 14.9. The maximum Gasteiger partial charge on any atom is 0.174 e. The molecule has 206 valence electrons. The molecule has 3 heterocycles. The second-order valence-corrected chi connectivity index (χ2v) is 10.3. The molecule has 0 saturated carbocycles. The van der Waals surface area contributed by atoms with Crippen molar-refractivity contribution in [3.63, 3.8) is 0 Å². The van der Waals surface area contributed by atoms with Crippen LogP contribution in [-0.4, -0.2) is 21.8 Å². The van der Waals surface area contributed by atoms with E-state index in [2.05, 4.69) is 21.3 Å². The number of hydrogen-bond acceptors (Lipinski definition) is 4. The van der Waals surface area contributed by atoms with Crippen molar-refractivity contribution in [2.75, 3.05) is 12.0 Å². The van der Waals surface area contributed by atoms with Crippen LogP contribution in [0.25, 0.3) is 5.69 Å². The number of hydrogen-bond donors (Lipinski definition) is 1. The quantitative estimate of drug-likeness (QED) is 0.205. The fourth-order valence-corrected chi connectivity index (χ4v) is 5.84. The fraction of sp³-hybridized carbons (Fsp3) is 0.152. The van der Waals surface area contributed by atoms with Crippen molar-refractivity contribution in [3.8, 4) is 22.9 Å². The number of pyridine rings is 1. The number of nitrogens with one attached hydrogen (secondary N) is 1. The Morgan fingerprint density at radius 3 is 2.17 bits per heavy atom. The zero-order valence-corrected chi connectivity index (χ0v) is 23.7. The number of para-hydroxylation sites is 1. The van der Waals surface area contributed by atoms with Crippen LogP contribution in [0.3, 0.4) is 0 Å². The molecule has 0 aliphatic carbocycles. The van der Waals surface area contributed by atoms with Gasteiger partial charge in [0, 0.05) is 23.3 Å². The Labute approximate surface area is 244 Å². The highest BCUT2D eigenvalue weighted by molar-refractivity contribution is 7.80. The minimum atomic E-state index is -0.272. The summed E-state index contributed by atoms with van der Waals surface area (Å²) in [6, 6.07) is 29.7. The second kappa shape index (κ2) is 11.1. The van der Waals surface area contributed by atoms with Crippen LogP contribution in [0, 0.1) is 19.7 Å². The summed E-state index contributed by atoms with van der Waals surface area (Å²) in [5, 5.41) is 4.10. The van der Waals surface area contributed by atoms with Crippen molar-refractivity contribution in [2.45, 2.75) is 25.9 Å². The number of aryl methyl sites for hydroxylation is 1. The van der Waals surface area contributed by atoms with Crippen molar-refractivity contribution >= 4 is 23.0 Å². The number of ether oxygens (including phenoxy) is 2. The Morgan fingerprint density at radius 1 is 0.854 bits per heavy atom. The zero-order valence-electron chi connectivity index (χ0n) is 22.9. The Morgan fingerprint density at radius 2 is 1.51 bits per heavy atom. The van der Waals surface area contributed by atoms with Gasteiger partial charge in [-0.25, -0.2) is 4.39 Å². The molecule has 0 radical (unpaired) electrons. The number of benzene rings is 3. The predicted octanol–water partition coefficient (Wildman–Crippen LogP) is 7.61. The largest absolute Gasteiger partial charge is 0.497 e. The number of halogens is 1. The molecule has 0 unspecified atom stereocenters. The third-order valence-corrected chi connectivity index (χ3v) is 7.70. The lowest BCUT2D eigenvalue weighted by atomic mass is 9.96. The van der Waals surface area contributed by atoms with E-state index >= 15 is 0 Å². The zero-order chi connectivity index (χ0) is 28.5. The van der Waals surface area contributed by atoms with Gasteiger partial charge in [0.15, 0.2) is 5.11 Å². The molecule has 8 heteroatoms. The maximum atomic E-state index is 14.9. The van der Waals surface area contributed by atoms with Crippen LogP contribution >= 0.6 is 12.2 Å². The lowest BCUT2D eigenvalue weighted by molar-refractivity contribution is 0.413. The molecule has 6 nitrogen and oxygen atoms in total. The van der Waals surface area contributed by atoms with Crippen LogP contribution in [0.2, 0.25) is 0 Å². The standard InChI is InChI=1S/C33H29FN4O2S/c1-21-20-27(22(2)37(21)30-10-5-4-8-28(30)34)32-31(29-9-6-7-19-35-29)36-33(41)38(32)23-11-13-25(14-12-23)40-26-17-15-24(39-3)16-18-26/h4-20,31-32H,1-3H3,(H,36,41)/t31-,32+/m0/s1. The Balaban J connectivity index is 1.39. The molecule has 1 aliphatic heterocycles. The highest BCUT2D eigenvalue weighted by atomic mass is 32.1. The van der Waals surface area contributed by atoms with Crippen LogP contribution < -0.4 is 19.7 Å². The van der Waals surface area contributed by atoms with Gasteiger partial charge in [-0.05, 0) is 110 Å². The molecule has 0 spiro atoms. The van der Waals surface area contributed by atoms with Crippen molar-refractivity contribution in [1.29, 1.82) is 0 Å². The van der Waals surface area contributed by atoms with Gasteiger partial charge in [-0.15, -0.1) is 0 Å². The van der Waals surface area contributed by atoms with Crippen molar-refractivity contribution in [2.24, 2.45) is 0 Å². The van der Waals surface area contributed by atoms with Crippen molar-refractivity contribution in [3.05, 3.63) is 132 Å². The summed E-state index contributed by atoms with van der Waals surface area (Å²) in [6.07, 6.45) is 1.79. The van der Waals surface area contributed by atoms with Crippen LogP contribution in [0.5, 0.6) is 17.2 Å². The normalized spacial score (nSPS) is 16.5. The average Bonchev–Trinajstić information content (AvgIpc) is 3.49.